The minimum atomic E-state index is -0.231. The number of halogens is 1. The summed E-state index contributed by atoms with van der Waals surface area (Å²) in [6.45, 7) is 0.569. The number of anilines is 1. The third-order valence-electron chi connectivity index (χ3n) is 4.19. The zero-order valence-electron chi connectivity index (χ0n) is 17.4. The van der Waals surface area contributed by atoms with Gasteiger partial charge in [-0.3, -0.25) is 9.69 Å². The first-order valence-electron chi connectivity index (χ1n) is 9.37. The lowest BCUT2D eigenvalue weighted by Crippen LogP contribution is -2.30. The Labute approximate surface area is 184 Å². The van der Waals surface area contributed by atoms with E-state index in [0.717, 1.165) is 5.75 Å². The number of rotatable bonds is 10. The van der Waals surface area contributed by atoms with Crippen molar-refractivity contribution in [3.8, 4) is 17.2 Å². The molecule has 1 aromatic heterocycles. The Morgan fingerprint density at radius 2 is 1.87 bits per heavy atom. The van der Waals surface area contributed by atoms with Crippen LogP contribution < -0.4 is 19.5 Å². The highest BCUT2D eigenvalue weighted by Crippen LogP contribution is 2.27. The van der Waals surface area contributed by atoms with Gasteiger partial charge in [-0.2, -0.15) is 4.98 Å². The highest BCUT2D eigenvalue weighted by atomic mass is 35.5. The van der Waals surface area contributed by atoms with E-state index in [1.807, 2.05) is 0 Å². The molecule has 0 aliphatic rings. The molecule has 31 heavy (non-hydrogen) atoms. The molecule has 0 aliphatic heterocycles. The van der Waals surface area contributed by atoms with Crippen LogP contribution >= 0.6 is 11.6 Å². The van der Waals surface area contributed by atoms with Gasteiger partial charge in [0.1, 0.15) is 17.2 Å². The topological polar surface area (TPSA) is 99.0 Å². The second-order valence-electron chi connectivity index (χ2n) is 6.63. The molecule has 0 fully saturated rings. The van der Waals surface area contributed by atoms with Crippen molar-refractivity contribution in [3.05, 3.63) is 59.2 Å². The Morgan fingerprint density at radius 1 is 1.13 bits per heavy atom. The lowest BCUT2D eigenvalue weighted by atomic mass is 10.3. The van der Waals surface area contributed by atoms with E-state index in [4.69, 9.17) is 30.3 Å². The van der Waals surface area contributed by atoms with E-state index in [2.05, 4.69) is 15.5 Å². The number of methoxy groups -OCH3 is 2. The smallest absolute Gasteiger partial charge is 0.240 e. The molecule has 164 valence electrons. The number of likely N-dealkylation sites (N-methyl/N-ethyl adjacent to an activating group) is 1. The Hall–Kier alpha value is -3.30. The van der Waals surface area contributed by atoms with Crippen molar-refractivity contribution in [2.75, 3.05) is 33.1 Å². The standard InChI is InChI=1S/C21H23ClN4O5/c1-26(11-20(27)23-17-10-14(22)4-9-18(17)29-3)12-21-24-19(25-31-21)13-30-16-7-5-15(28-2)6-8-16/h4-10H,11-13H2,1-3H3,(H,23,27). The molecule has 1 N–H and O–H groups in total. The molecule has 9 nitrogen and oxygen atoms in total. The Kier molecular flexibility index (Phi) is 7.69. The maximum Gasteiger partial charge on any atom is 0.240 e. The molecule has 0 saturated carbocycles. The molecule has 0 unspecified atom stereocenters. The van der Waals surface area contributed by atoms with Crippen molar-refractivity contribution in [2.45, 2.75) is 13.2 Å². The van der Waals surface area contributed by atoms with Gasteiger partial charge >= 0.3 is 0 Å². The summed E-state index contributed by atoms with van der Waals surface area (Å²) in [5, 5.41) is 7.19. The number of carbonyl (C=O) groups excluding carboxylic acids is 1. The van der Waals surface area contributed by atoms with E-state index in [9.17, 15) is 4.79 Å². The van der Waals surface area contributed by atoms with Crippen molar-refractivity contribution in [1.82, 2.24) is 15.0 Å². The van der Waals surface area contributed by atoms with E-state index in [-0.39, 0.29) is 19.1 Å². The molecule has 0 bridgehead atoms. The minimum absolute atomic E-state index is 0.107. The quantitative estimate of drug-likeness (QED) is 0.506. The first kappa shape index (κ1) is 22.4. The van der Waals surface area contributed by atoms with Crippen LogP contribution in [0.4, 0.5) is 5.69 Å². The number of amides is 1. The molecule has 1 amide bonds. The van der Waals surface area contributed by atoms with Gasteiger partial charge in [0.15, 0.2) is 6.61 Å². The average molecular weight is 447 g/mol. The summed E-state index contributed by atoms with van der Waals surface area (Å²) in [6.07, 6.45) is 0. The normalized spacial score (nSPS) is 10.7. The fourth-order valence-corrected chi connectivity index (χ4v) is 2.90. The van der Waals surface area contributed by atoms with Crippen LogP contribution in [0.3, 0.4) is 0 Å². The summed E-state index contributed by atoms with van der Waals surface area (Å²) in [6, 6.07) is 12.2. The first-order chi connectivity index (χ1) is 15.0. The minimum Gasteiger partial charge on any atom is -0.497 e. The van der Waals surface area contributed by atoms with Crippen molar-refractivity contribution in [3.63, 3.8) is 0 Å². The molecule has 0 saturated heterocycles. The van der Waals surface area contributed by atoms with Gasteiger partial charge < -0.3 is 24.1 Å². The number of ether oxygens (including phenoxy) is 3. The van der Waals surface area contributed by atoms with E-state index in [1.165, 1.54) is 7.11 Å². The number of carbonyl (C=O) groups is 1. The molecule has 0 radical (unpaired) electrons. The summed E-state index contributed by atoms with van der Waals surface area (Å²) >= 11 is 5.99. The summed E-state index contributed by atoms with van der Waals surface area (Å²) in [7, 11) is 4.90. The van der Waals surface area contributed by atoms with Gasteiger partial charge in [0.2, 0.25) is 17.6 Å². The summed E-state index contributed by atoms with van der Waals surface area (Å²) in [5.74, 6) is 2.49. The molecule has 10 heteroatoms. The number of nitrogens with zero attached hydrogens (tertiary/aromatic N) is 3. The van der Waals surface area contributed by atoms with Gasteiger partial charge in [0, 0.05) is 5.02 Å². The van der Waals surface area contributed by atoms with Crippen LogP contribution in [0.5, 0.6) is 17.2 Å². The third kappa shape index (κ3) is 6.59. The number of nitrogens with one attached hydrogen (secondary N) is 1. The summed E-state index contributed by atoms with van der Waals surface area (Å²) in [5.41, 5.74) is 0.504. The Bertz CT molecular complexity index is 1010. The maximum absolute atomic E-state index is 12.4. The van der Waals surface area contributed by atoms with E-state index in [0.29, 0.717) is 40.5 Å². The second-order valence-corrected chi connectivity index (χ2v) is 7.07. The van der Waals surface area contributed by atoms with Crippen molar-refractivity contribution >= 4 is 23.2 Å². The van der Waals surface area contributed by atoms with Crippen LogP contribution in [0.15, 0.2) is 47.0 Å². The Balaban J connectivity index is 1.48. The van der Waals surface area contributed by atoms with Crippen LogP contribution in [-0.4, -0.2) is 48.8 Å². The van der Waals surface area contributed by atoms with Crippen molar-refractivity contribution < 1.29 is 23.5 Å². The molecule has 2 aromatic carbocycles. The van der Waals surface area contributed by atoms with Crippen LogP contribution in [0.25, 0.3) is 0 Å². The SMILES string of the molecule is COc1ccc(OCc2noc(CN(C)CC(=O)Nc3cc(Cl)ccc3OC)n2)cc1. The molecule has 3 rings (SSSR count). The average Bonchev–Trinajstić information content (AvgIpc) is 3.19. The summed E-state index contributed by atoms with van der Waals surface area (Å²) in [4.78, 5) is 18.4. The van der Waals surface area contributed by atoms with Gasteiger partial charge in [-0.05, 0) is 49.5 Å². The molecule has 1 heterocycles. The fourth-order valence-electron chi connectivity index (χ4n) is 2.73. The van der Waals surface area contributed by atoms with Crippen molar-refractivity contribution in [2.24, 2.45) is 0 Å². The highest BCUT2D eigenvalue weighted by molar-refractivity contribution is 6.31. The largest absolute Gasteiger partial charge is 0.497 e. The Morgan fingerprint density at radius 3 is 2.58 bits per heavy atom. The second kappa shape index (κ2) is 10.6. The van der Waals surface area contributed by atoms with Crippen molar-refractivity contribution in [1.29, 1.82) is 0 Å². The van der Waals surface area contributed by atoms with Gasteiger partial charge in [0.25, 0.3) is 0 Å². The van der Waals surface area contributed by atoms with Crippen LogP contribution in [0.2, 0.25) is 5.02 Å². The monoisotopic (exact) mass is 446 g/mol. The maximum atomic E-state index is 12.4. The van der Waals surface area contributed by atoms with Gasteiger partial charge in [-0.25, -0.2) is 0 Å². The molecular weight excluding hydrogens is 424 g/mol. The molecular formula is C21H23ClN4O5. The molecule has 0 aliphatic carbocycles. The number of aromatic nitrogens is 2. The van der Waals surface area contributed by atoms with Gasteiger partial charge in [0.05, 0.1) is 33.0 Å². The number of benzene rings is 2. The lowest BCUT2D eigenvalue weighted by molar-refractivity contribution is -0.117. The predicted molar refractivity (Wildman–Crippen MR) is 115 cm³/mol. The molecule has 0 spiro atoms. The molecule has 3 aromatic rings. The third-order valence-corrected chi connectivity index (χ3v) is 4.43. The van der Waals surface area contributed by atoms with Gasteiger partial charge in [-0.1, -0.05) is 16.8 Å². The van der Waals surface area contributed by atoms with Gasteiger partial charge in [-0.15, -0.1) is 0 Å². The lowest BCUT2D eigenvalue weighted by Gasteiger charge is -2.15. The zero-order valence-corrected chi connectivity index (χ0v) is 18.2. The zero-order chi connectivity index (χ0) is 22.2. The summed E-state index contributed by atoms with van der Waals surface area (Å²) < 4.78 is 21.2. The van der Waals surface area contributed by atoms with E-state index >= 15 is 0 Å². The highest BCUT2D eigenvalue weighted by Gasteiger charge is 2.14. The van der Waals surface area contributed by atoms with Crippen LogP contribution in [0.1, 0.15) is 11.7 Å². The van der Waals surface area contributed by atoms with Crippen LogP contribution in [0, 0.1) is 0 Å². The van der Waals surface area contributed by atoms with E-state index < -0.39 is 0 Å². The van der Waals surface area contributed by atoms with Crippen LogP contribution in [-0.2, 0) is 17.9 Å². The van der Waals surface area contributed by atoms with E-state index in [1.54, 1.807) is 61.5 Å². The fraction of sp³-hybridized carbons (Fsp3) is 0.286. The number of hydrogen-bond donors (Lipinski definition) is 1. The first-order valence-corrected chi connectivity index (χ1v) is 9.75. The number of hydrogen-bond acceptors (Lipinski definition) is 8. The molecule has 0 atom stereocenters. The predicted octanol–water partition coefficient (Wildman–Crippen LogP) is 3.39.